The highest BCUT2D eigenvalue weighted by Gasteiger charge is 2.16. The Hall–Kier alpha value is -3.12. The molecule has 2 heterocycles. The third-order valence-electron chi connectivity index (χ3n) is 4.72. The van der Waals surface area contributed by atoms with Gasteiger partial charge in [-0.2, -0.15) is 9.78 Å². The standard InChI is InChI=1S/C23H12Cl3N3O2/c24-15-6-8-20-14(10-15)11-21(31-20)22-28-19-4-2-1-3-16(19)23(30)29(22)27-12-13-5-7-17(25)18(26)9-13/h1-12H. The molecule has 5 rings (SSSR count). The normalized spacial score (nSPS) is 11.7. The lowest BCUT2D eigenvalue weighted by Crippen LogP contribution is -2.20. The van der Waals surface area contributed by atoms with Crippen LogP contribution in [-0.2, 0) is 0 Å². The fourth-order valence-corrected chi connectivity index (χ4v) is 3.72. The van der Waals surface area contributed by atoms with Crippen molar-refractivity contribution in [1.82, 2.24) is 9.66 Å². The van der Waals surface area contributed by atoms with Crippen LogP contribution in [0.1, 0.15) is 5.56 Å². The topological polar surface area (TPSA) is 60.4 Å². The van der Waals surface area contributed by atoms with Crippen LogP contribution in [0, 0.1) is 0 Å². The van der Waals surface area contributed by atoms with Crippen LogP contribution in [0.15, 0.2) is 81.0 Å². The van der Waals surface area contributed by atoms with E-state index in [0.717, 1.165) is 5.39 Å². The summed E-state index contributed by atoms with van der Waals surface area (Å²) in [6, 6.07) is 19.2. The average Bonchev–Trinajstić information content (AvgIpc) is 3.18. The number of aromatic nitrogens is 2. The molecular weight excluding hydrogens is 457 g/mol. The van der Waals surface area contributed by atoms with E-state index in [4.69, 9.17) is 39.2 Å². The van der Waals surface area contributed by atoms with Crippen molar-refractivity contribution in [3.63, 3.8) is 0 Å². The van der Waals surface area contributed by atoms with Crippen molar-refractivity contribution in [3.8, 4) is 11.6 Å². The maximum atomic E-state index is 13.2. The molecule has 2 aromatic heterocycles. The molecule has 5 nitrogen and oxygen atoms in total. The summed E-state index contributed by atoms with van der Waals surface area (Å²) in [5, 5.41) is 7.04. The fourth-order valence-electron chi connectivity index (χ4n) is 3.23. The minimum atomic E-state index is -0.324. The summed E-state index contributed by atoms with van der Waals surface area (Å²) >= 11 is 18.2. The Bertz CT molecular complexity index is 1550. The first kappa shape index (κ1) is 19.8. The third kappa shape index (κ3) is 3.72. The smallest absolute Gasteiger partial charge is 0.282 e. The van der Waals surface area contributed by atoms with Gasteiger partial charge < -0.3 is 4.42 Å². The summed E-state index contributed by atoms with van der Waals surface area (Å²) in [6.07, 6.45) is 1.52. The van der Waals surface area contributed by atoms with Crippen LogP contribution in [0.2, 0.25) is 15.1 Å². The molecule has 152 valence electrons. The minimum absolute atomic E-state index is 0.271. The zero-order chi connectivity index (χ0) is 21.5. The van der Waals surface area contributed by atoms with Crippen LogP contribution in [-0.4, -0.2) is 15.9 Å². The maximum absolute atomic E-state index is 13.2. The third-order valence-corrected chi connectivity index (χ3v) is 5.69. The Morgan fingerprint density at radius 1 is 0.935 bits per heavy atom. The largest absolute Gasteiger partial charge is 0.453 e. The second-order valence-corrected chi connectivity index (χ2v) is 8.03. The Labute approximate surface area is 191 Å². The van der Waals surface area contributed by atoms with Gasteiger partial charge in [0.25, 0.3) is 5.56 Å². The minimum Gasteiger partial charge on any atom is -0.453 e. The van der Waals surface area contributed by atoms with Gasteiger partial charge in [-0.15, -0.1) is 0 Å². The fraction of sp³-hybridized carbons (Fsp3) is 0. The Balaban J connectivity index is 1.73. The SMILES string of the molecule is O=c1c2ccccc2nc(-c2cc3cc(Cl)ccc3o2)n1N=Cc1ccc(Cl)c(Cl)c1. The molecule has 8 heteroatoms. The van der Waals surface area contributed by atoms with Gasteiger partial charge in [0.1, 0.15) is 5.58 Å². The molecule has 3 aromatic carbocycles. The highest BCUT2D eigenvalue weighted by molar-refractivity contribution is 6.42. The molecule has 0 aliphatic rings. The maximum Gasteiger partial charge on any atom is 0.282 e. The van der Waals surface area contributed by atoms with Gasteiger partial charge in [0.05, 0.1) is 27.2 Å². The summed E-state index contributed by atoms with van der Waals surface area (Å²) in [4.78, 5) is 17.9. The van der Waals surface area contributed by atoms with E-state index in [1.165, 1.54) is 10.9 Å². The van der Waals surface area contributed by atoms with E-state index in [1.807, 2.05) is 6.07 Å². The van der Waals surface area contributed by atoms with Crippen molar-refractivity contribution in [2.24, 2.45) is 5.10 Å². The van der Waals surface area contributed by atoms with Crippen molar-refractivity contribution in [2.75, 3.05) is 0 Å². The number of benzene rings is 3. The molecule has 0 saturated heterocycles. The van der Waals surface area contributed by atoms with Gasteiger partial charge in [-0.1, -0.05) is 53.0 Å². The van der Waals surface area contributed by atoms with E-state index in [9.17, 15) is 4.79 Å². The number of rotatable bonds is 3. The second-order valence-electron chi connectivity index (χ2n) is 6.78. The van der Waals surface area contributed by atoms with Gasteiger partial charge in [-0.05, 0) is 54.1 Å². The first-order valence-electron chi connectivity index (χ1n) is 9.20. The summed E-state index contributed by atoms with van der Waals surface area (Å²) in [7, 11) is 0. The zero-order valence-corrected chi connectivity index (χ0v) is 18.0. The number of furan rings is 1. The predicted molar refractivity (Wildman–Crippen MR) is 126 cm³/mol. The average molecular weight is 469 g/mol. The van der Waals surface area contributed by atoms with Gasteiger partial charge >= 0.3 is 0 Å². The van der Waals surface area contributed by atoms with Crippen molar-refractivity contribution < 1.29 is 4.42 Å². The Morgan fingerprint density at radius 3 is 2.61 bits per heavy atom. The molecule has 31 heavy (non-hydrogen) atoms. The lowest BCUT2D eigenvalue weighted by Gasteiger charge is -2.07. The van der Waals surface area contributed by atoms with E-state index in [-0.39, 0.29) is 11.4 Å². The van der Waals surface area contributed by atoms with Crippen LogP contribution < -0.4 is 5.56 Å². The van der Waals surface area contributed by atoms with E-state index >= 15 is 0 Å². The van der Waals surface area contributed by atoms with Gasteiger partial charge in [0.2, 0.25) is 5.82 Å². The highest BCUT2D eigenvalue weighted by atomic mass is 35.5. The molecule has 0 unspecified atom stereocenters. The second kappa shape index (κ2) is 7.85. The molecule has 0 amide bonds. The van der Waals surface area contributed by atoms with Crippen molar-refractivity contribution in [2.45, 2.75) is 0 Å². The molecule has 0 spiro atoms. The van der Waals surface area contributed by atoms with Crippen molar-refractivity contribution in [3.05, 3.63) is 97.7 Å². The summed E-state index contributed by atoms with van der Waals surface area (Å²) in [6.45, 7) is 0. The molecule has 0 aliphatic carbocycles. The number of hydrogen-bond donors (Lipinski definition) is 0. The molecule has 0 atom stereocenters. The zero-order valence-electron chi connectivity index (χ0n) is 15.7. The van der Waals surface area contributed by atoms with Crippen LogP contribution in [0.3, 0.4) is 0 Å². The van der Waals surface area contributed by atoms with Crippen molar-refractivity contribution in [1.29, 1.82) is 0 Å². The number of para-hydroxylation sites is 1. The quantitative estimate of drug-likeness (QED) is 0.278. The lowest BCUT2D eigenvalue weighted by atomic mass is 10.2. The lowest BCUT2D eigenvalue weighted by molar-refractivity contribution is 0.616. The van der Waals surface area contributed by atoms with Gasteiger partial charge in [-0.3, -0.25) is 4.79 Å². The number of hydrogen-bond acceptors (Lipinski definition) is 4. The van der Waals surface area contributed by atoms with E-state index in [0.29, 0.717) is 42.9 Å². The Morgan fingerprint density at radius 2 is 1.77 bits per heavy atom. The van der Waals surface area contributed by atoms with Gasteiger partial charge in [0.15, 0.2) is 5.76 Å². The molecule has 0 saturated carbocycles. The number of halogens is 3. The van der Waals surface area contributed by atoms with E-state index in [2.05, 4.69) is 10.1 Å². The van der Waals surface area contributed by atoms with Crippen LogP contribution >= 0.6 is 34.8 Å². The molecule has 0 radical (unpaired) electrons. The first-order chi connectivity index (χ1) is 15.0. The van der Waals surface area contributed by atoms with Crippen LogP contribution in [0.25, 0.3) is 33.5 Å². The van der Waals surface area contributed by atoms with Crippen LogP contribution in [0.5, 0.6) is 0 Å². The van der Waals surface area contributed by atoms with Crippen molar-refractivity contribution >= 4 is 62.9 Å². The molecular formula is C23H12Cl3N3O2. The monoisotopic (exact) mass is 467 g/mol. The van der Waals surface area contributed by atoms with Gasteiger partial charge in [-0.25, -0.2) is 4.98 Å². The van der Waals surface area contributed by atoms with E-state index < -0.39 is 0 Å². The summed E-state index contributed by atoms with van der Waals surface area (Å²) in [5.74, 6) is 0.666. The predicted octanol–water partition coefficient (Wildman–Crippen LogP) is 6.65. The number of fused-ring (bicyclic) bond motifs is 2. The molecule has 0 fully saturated rings. The highest BCUT2D eigenvalue weighted by Crippen LogP contribution is 2.29. The molecule has 5 aromatic rings. The first-order valence-corrected chi connectivity index (χ1v) is 10.3. The molecule has 0 bridgehead atoms. The summed E-state index contributed by atoms with van der Waals surface area (Å²) in [5.41, 5.74) is 1.52. The van der Waals surface area contributed by atoms with Crippen LogP contribution in [0.4, 0.5) is 0 Å². The van der Waals surface area contributed by atoms with E-state index in [1.54, 1.807) is 60.7 Å². The molecule has 0 aliphatic heterocycles. The number of nitrogens with zero attached hydrogens (tertiary/aromatic N) is 3. The Kier molecular flexibility index (Phi) is 5.02. The molecule has 0 N–H and O–H groups in total. The summed E-state index contributed by atoms with van der Waals surface area (Å²) < 4.78 is 7.16. The van der Waals surface area contributed by atoms with Gasteiger partial charge in [0, 0.05) is 10.4 Å².